The third-order valence-electron chi connectivity index (χ3n) is 4.10. The van der Waals surface area contributed by atoms with Crippen molar-refractivity contribution in [3.8, 4) is 0 Å². The molecule has 2 N–H and O–H groups in total. The van der Waals surface area contributed by atoms with Crippen LogP contribution in [0.3, 0.4) is 0 Å². The standard InChI is InChI=1S/C18H21N3OS/c1-4-13-10-23-18(20-13)16-15(22)9-21(17(16)19)14-7-5-12(6-8-14)11(2)3/h5-8,10-11,19,22H,4,9H2,1-3H3. The molecular weight excluding hydrogens is 306 g/mol. The normalized spacial score (nSPS) is 15.1. The Balaban J connectivity index is 1.87. The summed E-state index contributed by atoms with van der Waals surface area (Å²) >= 11 is 1.49. The summed E-state index contributed by atoms with van der Waals surface area (Å²) in [7, 11) is 0. The molecule has 3 rings (SSSR count). The summed E-state index contributed by atoms with van der Waals surface area (Å²) in [5.74, 6) is 1.02. The molecule has 0 bridgehead atoms. The molecule has 1 aromatic carbocycles. The molecule has 0 amide bonds. The lowest BCUT2D eigenvalue weighted by Crippen LogP contribution is -2.26. The predicted octanol–water partition coefficient (Wildman–Crippen LogP) is 4.60. The van der Waals surface area contributed by atoms with Gasteiger partial charge in [0.25, 0.3) is 0 Å². The molecule has 5 heteroatoms. The van der Waals surface area contributed by atoms with Crippen LogP contribution in [-0.4, -0.2) is 22.5 Å². The van der Waals surface area contributed by atoms with Gasteiger partial charge in [-0.15, -0.1) is 11.3 Å². The number of hydrogen-bond acceptors (Lipinski definition) is 4. The van der Waals surface area contributed by atoms with Crippen molar-refractivity contribution in [3.63, 3.8) is 0 Å². The third kappa shape index (κ3) is 2.88. The number of nitrogens with one attached hydrogen (secondary N) is 1. The molecule has 4 nitrogen and oxygen atoms in total. The van der Waals surface area contributed by atoms with Crippen LogP contribution in [0.2, 0.25) is 0 Å². The fourth-order valence-corrected chi connectivity index (χ4v) is 3.62. The highest BCUT2D eigenvalue weighted by molar-refractivity contribution is 7.11. The van der Waals surface area contributed by atoms with E-state index >= 15 is 0 Å². The van der Waals surface area contributed by atoms with Gasteiger partial charge in [-0.3, -0.25) is 5.41 Å². The summed E-state index contributed by atoms with van der Waals surface area (Å²) in [5, 5.41) is 21.5. The number of hydrogen-bond donors (Lipinski definition) is 2. The second kappa shape index (κ2) is 6.16. The van der Waals surface area contributed by atoms with E-state index in [1.54, 1.807) is 0 Å². The van der Waals surface area contributed by atoms with E-state index in [-0.39, 0.29) is 5.76 Å². The largest absolute Gasteiger partial charge is 0.510 e. The molecule has 1 aromatic heterocycles. The molecule has 0 saturated heterocycles. The second-order valence-corrected chi connectivity index (χ2v) is 6.86. The van der Waals surface area contributed by atoms with E-state index in [1.165, 1.54) is 16.9 Å². The van der Waals surface area contributed by atoms with Gasteiger partial charge in [-0.2, -0.15) is 0 Å². The van der Waals surface area contributed by atoms with Crippen molar-refractivity contribution in [1.82, 2.24) is 4.98 Å². The summed E-state index contributed by atoms with van der Waals surface area (Å²) in [6.07, 6.45) is 0.859. The van der Waals surface area contributed by atoms with Gasteiger partial charge in [0.05, 0.1) is 17.8 Å². The number of aliphatic hydroxyl groups is 1. The van der Waals surface area contributed by atoms with Crippen molar-refractivity contribution in [2.75, 3.05) is 11.4 Å². The first-order valence-electron chi connectivity index (χ1n) is 7.84. The van der Waals surface area contributed by atoms with Crippen LogP contribution in [0.1, 0.15) is 43.0 Å². The van der Waals surface area contributed by atoms with E-state index in [9.17, 15) is 5.11 Å². The van der Waals surface area contributed by atoms with Gasteiger partial charge in [-0.05, 0) is 30.0 Å². The van der Waals surface area contributed by atoms with Crippen molar-refractivity contribution in [2.24, 2.45) is 0 Å². The Morgan fingerprint density at radius 2 is 2.00 bits per heavy atom. The zero-order valence-corrected chi connectivity index (χ0v) is 14.4. The second-order valence-electron chi connectivity index (χ2n) is 6.00. The topological polar surface area (TPSA) is 60.2 Å². The van der Waals surface area contributed by atoms with E-state index in [4.69, 9.17) is 5.41 Å². The lowest BCUT2D eigenvalue weighted by molar-refractivity contribution is 0.411. The van der Waals surface area contributed by atoms with Crippen LogP contribution in [0.15, 0.2) is 35.4 Å². The van der Waals surface area contributed by atoms with Crippen molar-refractivity contribution in [3.05, 3.63) is 51.7 Å². The molecule has 2 aromatic rings. The molecule has 120 valence electrons. The quantitative estimate of drug-likeness (QED) is 0.863. The number of aromatic nitrogens is 1. The first-order valence-corrected chi connectivity index (χ1v) is 8.72. The number of thiazole rings is 1. The number of nitrogens with zero attached hydrogens (tertiary/aromatic N) is 2. The Hall–Kier alpha value is -2.14. The molecule has 1 aliphatic rings. The van der Waals surface area contributed by atoms with Crippen molar-refractivity contribution in [1.29, 1.82) is 5.41 Å². The number of benzene rings is 1. The molecule has 2 heterocycles. The molecule has 0 atom stereocenters. The molecule has 23 heavy (non-hydrogen) atoms. The minimum Gasteiger partial charge on any atom is -0.510 e. The lowest BCUT2D eigenvalue weighted by Gasteiger charge is -2.19. The maximum Gasteiger partial charge on any atom is 0.139 e. The van der Waals surface area contributed by atoms with Gasteiger partial charge in [-0.1, -0.05) is 32.9 Å². The van der Waals surface area contributed by atoms with Crippen molar-refractivity contribution >= 4 is 28.4 Å². The molecule has 0 saturated carbocycles. The maximum atomic E-state index is 10.3. The predicted molar refractivity (Wildman–Crippen MR) is 96.6 cm³/mol. The minimum absolute atomic E-state index is 0.222. The van der Waals surface area contributed by atoms with Gasteiger partial charge in [0.1, 0.15) is 16.6 Å². The van der Waals surface area contributed by atoms with Gasteiger partial charge in [-0.25, -0.2) is 4.98 Å². The number of rotatable bonds is 4. The Labute approximate surface area is 140 Å². The molecule has 0 unspecified atom stereocenters. The number of amidine groups is 1. The number of anilines is 1. The van der Waals surface area contributed by atoms with Crippen molar-refractivity contribution in [2.45, 2.75) is 33.1 Å². The first-order chi connectivity index (χ1) is 11.0. The van der Waals surface area contributed by atoms with Crippen LogP contribution < -0.4 is 4.90 Å². The van der Waals surface area contributed by atoms with Crippen molar-refractivity contribution < 1.29 is 5.11 Å². The molecular formula is C18H21N3OS. The van der Waals surface area contributed by atoms with Gasteiger partial charge in [0, 0.05) is 11.1 Å². The molecule has 0 spiro atoms. The highest BCUT2D eigenvalue weighted by atomic mass is 32.1. The molecule has 0 radical (unpaired) electrons. The van der Waals surface area contributed by atoms with E-state index < -0.39 is 0 Å². The summed E-state index contributed by atoms with van der Waals surface area (Å²) < 4.78 is 0. The highest BCUT2D eigenvalue weighted by Crippen LogP contribution is 2.33. The summed E-state index contributed by atoms with van der Waals surface area (Å²) in [4.78, 5) is 6.33. The summed E-state index contributed by atoms with van der Waals surface area (Å²) in [5.41, 5.74) is 3.75. The first kappa shape index (κ1) is 15.7. The minimum atomic E-state index is 0.222. The molecule has 0 fully saturated rings. The average molecular weight is 327 g/mol. The van der Waals surface area contributed by atoms with Crippen LogP contribution in [0.4, 0.5) is 5.69 Å². The smallest absolute Gasteiger partial charge is 0.139 e. The zero-order chi connectivity index (χ0) is 16.6. The van der Waals surface area contributed by atoms with Crippen LogP contribution in [0, 0.1) is 5.41 Å². The fourth-order valence-electron chi connectivity index (χ4n) is 2.65. The average Bonchev–Trinajstić information content (AvgIpc) is 3.11. The molecule has 1 aliphatic heterocycles. The van der Waals surface area contributed by atoms with E-state index in [2.05, 4.69) is 37.9 Å². The van der Waals surface area contributed by atoms with E-state index in [0.29, 0.717) is 23.9 Å². The maximum absolute atomic E-state index is 10.3. The third-order valence-corrected chi connectivity index (χ3v) is 5.01. The summed E-state index contributed by atoms with van der Waals surface area (Å²) in [6, 6.07) is 8.20. The fraction of sp³-hybridized carbons (Fsp3) is 0.333. The van der Waals surface area contributed by atoms with Crippen LogP contribution in [0.5, 0.6) is 0 Å². The number of aryl methyl sites for hydroxylation is 1. The van der Waals surface area contributed by atoms with Crippen LogP contribution >= 0.6 is 11.3 Å². The SMILES string of the molecule is CCc1csc(C2=C(O)CN(c3ccc(C(C)C)cc3)C2=N)n1. The summed E-state index contributed by atoms with van der Waals surface area (Å²) in [6.45, 7) is 6.70. The Bertz CT molecular complexity index is 759. The Morgan fingerprint density at radius 3 is 2.57 bits per heavy atom. The van der Waals surface area contributed by atoms with Gasteiger partial charge in [0.2, 0.25) is 0 Å². The van der Waals surface area contributed by atoms with Gasteiger partial charge in [0.15, 0.2) is 0 Å². The highest BCUT2D eigenvalue weighted by Gasteiger charge is 2.31. The lowest BCUT2D eigenvalue weighted by atomic mass is 10.0. The van der Waals surface area contributed by atoms with Gasteiger partial charge >= 0.3 is 0 Å². The Morgan fingerprint density at radius 1 is 1.30 bits per heavy atom. The van der Waals surface area contributed by atoms with Crippen LogP contribution in [0.25, 0.3) is 5.57 Å². The van der Waals surface area contributed by atoms with Crippen LogP contribution in [-0.2, 0) is 6.42 Å². The van der Waals surface area contributed by atoms with E-state index in [0.717, 1.165) is 22.8 Å². The van der Waals surface area contributed by atoms with Gasteiger partial charge < -0.3 is 10.0 Å². The Kier molecular flexibility index (Phi) is 4.22. The zero-order valence-electron chi connectivity index (χ0n) is 13.6. The van der Waals surface area contributed by atoms with E-state index in [1.807, 2.05) is 22.4 Å². The molecule has 0 aliphatic carbocycles. The number of aliphatic hydroxyl groups excluding tert-OH is 1. The monoisotopic (exact) mass is 327 g/mol.